The summed E-state index contributed by atoms with van der Waals surface area (Å²) in [4.78, 5) is 11.1. The lowest BCUT2D eigenvalue weighted by molar-refractivity contribution is 0.360. The van der Waals surface area contributed by atoms with Crippen LogP contribution in [0.25, 0.3) is 11.0 Å². The van der Waals surface area contributed by atoms with Gasteiger partial charge in [-0.05, 0) is 35.7 Å². The van der Waals surface area contributed by atoms with Crippen LogP contribution in [-0.4, -0.2) is 45.9 Å². The lowest BCUT2D eigenvalue weighted by Gasteiger charge is -2.36. The number of aromatic amines is 1. The first-order valence-corrected chi connectivity index (χ1v) is 7.29. The Kier molecular flexibility index (Phi) is 3.29. The third-order valence-electron chi connectivity index (χ3n) is 3.71. The van der Waals surface area contributed by atoms with Gasteiger partial charge in [0, 0.05) is 18.6 Å². The molecule has 0 unspecified atom stereocenters. The smallest absolute Gasteiger partial charge is 0.230 e. The first-order valence-electron chi connectivity index (χ1n) is 6.49. The molecule has 20 heavy (non-hydrogen) atoms. The maximum absolute atomic E-state index is 6.15. The quantitative estimate of drug-likeness (QED) is 0.859. The summed E-state index contributed by atoms with van der Waals surface area (Å²) >= 11 is 3.39. The van der Waals surface area contributed by atoms with E-state index in [0.717, 1.165) is 35.9 Å². The molecule has 108 valence electrons. The Bertz CT molecular complexity index is 630. The Hall–Kier alpha value is -1.41. The van der Waals surface area contributed by atoms with Gasteiger partial charge >= 0.3 is 0 Å². The van der Waals surface area contributed by atoms with Gasteiger partial charge in [-0.15, -0.1) is 0 Å². The number of H-pyrrole nitrogens is 1. The van der Waals surface area contributed by atoms with E-state index in [4.69, 9.17) is 10.5 Å². The maximum Gasteiger partial charge on any atom is 0.230 e. The molecule has 2 aromatic heterocycles. The van der Waals surface area contributed by atoms with Crippen molar-refractivity contribution in [2.24, 2.45) is 5.73 Å². The molecule has 0 saturated carbocycles. The number of nitrogens with two attached hydrogens (primary N) is 1. The molecule has 0 amide bonds. The van der Waals surface area contributed by atoms with Crippen molar-refractivity contribution in [2.45, 2.75) is 25.3 Å². The molecule has 7 nitrogen and oxygen atoms in total. The summed E-state index contributed by atoms with van der Waals surface area (Å²) in [7, 11) is 1.60. The summed E-state index contributed by atoms with van der Waals surface area (Å²) in [5.41, 5.74) is 6.65. The van der Waals surface area contributed by atoms with E-state index in [0.29, 0.717) is 17.5 Å². The highest BCUT2D eigenvalue weighted by Gasteiger charge is 2.28. The normalized spacial score (nSPS) is 18.5. The molecule has 0 radical (unpaired) electrons. The van der Waals surface area contributed by atoms with Crippen molar-refractivity contribution < 1.29 is 4.74 Å². The minimum Gasteiger partial charge on any atom is -0.480 e. The van der Waals surface area contributed by atoms with Crippen LogP contribution in [0.3, 0.4) is 0 Å². The van der Waals surface area contributed by atoms with Gasteiger partial charge in [-0.1, -0.05) is 0 Å². The largest absolute Gasteiger partial charge is 0.480 e. The average molecular weight is 341 g/mol. The molecule has 0 aromatic carbocycles. The number of rotatable bonds is 2. The van der Waals surface area contributed by atoms with Crippen LogP contribution in [0.4, 0.5) is 5.95 Å². The van der Waals surface area contributed by atoms with Gasteiger partial charge in [0.25, 0.3) is 0 Å². The van der Waals surface area contributed by atoms with Crippen molar-refractivity contribution in [1.82, 2.24) is 20.2 Å². The first-order chi connectivity index (χ1) is 9.50. The van der Waals surface area contributed by atoms with Crippen LogP contribution in [0.1, 0.15) is 19.8 Å². The third kappa shape index (κ3) is 2.33. The Morgan fingerprint density at radius 3 is 2.70 bits per heavy atom. The van der Waals surface area contributed by atoms with Crippen LogP contribution in [0.2, 0.25) is 0 Å². The molecule has 1 saturated heterocycles. The number of halogens is 1. The molecule has 0 atom stereocenters. The van der Waals surface area contributed by atoms with Crippen LogP contribution in [-0.2, 0) is 0 Å². The van der Waals surface area contributed by atoms with E-state index in [1.54, 1.807) is 7.11 Å². The van der Waals surface area contributed by atoms with Crippen LogP contribution < -0.4 is 15.4 Å². The standard InChI is InChI=1S/C12H17BrN6O/c1-12(14)3-5-19(6-4-12)11-15-9-7(8(13)17-18-9)10(16-11)20-2/h3-6,14H2,1-2H3,(H,15,16,17,18). The van der Waals surface area contributed by atoms with Crippen LogP contribution in [0.15, 0.2) is 4.60 Å². The average Bonchev–Trinajstić information content (AvgIpc) is 2.79. The number of anilines is 1. The van der Waals surface area contributed by atoms with Crippen molar-refractivity contribution in [3.8, 4) is 5.88 Å². The summed E-state index contributed by atoms with van der Waals surface area (Å²) in [6.07, 6.45) is 1.84. The van der Waals surface area contributed by atoms with E-state index in [1.807, 2.05) is 0 Å². The molecule has 2 aromatic rings. The van der Waals surface area contributed by atoms with Gasteiger partial charge in [-0.2, -0.15) is 15.1 Å². The van der Waals surface area contributed by atoms with E-state index in [-0.39, 0.29) is 5.54 Å². The number of hydrogen-bond acceptors (Lipinski definition) is 6. The van der Waals surface area contributed by atoms with E-state index < -0.39 is 0 Å². The Labute approximate surface area is 125 Å². The molecule has 3 N–H and O–H groups in total. The number of hydrogen-bond donors (Lipinski definition) is 2. The first kappa shape index (κ1) is 13.6. The zero-order valence-electron chi connectivity index (χ0n) is 11.5. The molecule has 1 aliphatic heterocycles. The highest BCUT2D eigenvalue weighted by Crippen LogP contribution is 2.31. The van der Waals surface area contributed by atoms with Crippen molar-refractivity contribution in [3.05, 3.63) is 4.60 Å². The summed E-state index contributed by atoms with van der Waals surface area (Å²) in [5, 5.41) is 7.76. The fourth-order valence-electron chi connectivity index (χ4n) is 2.36. The summed E-state index contributed by atoms with van der Waals surface area (Å²) in [6, 6.07) is 0. The van der Waals surface area contributed by atoms with Crippen LogP contribution in [0, 0.1) is 0 Å². The van der Waals surface area contributed by atoms with Gasteiger partial charge in [-0.3, -0.25) is 5.10 Å². The SMILES string of the molecule is COc1nc(N2CCC(C)(N)CC2)nc2n[nH]c(Br)c12. The molecule has 0 bridgehead atoms. The number of fused-ring (bicyclic) bond motifs is 1. The van der Waals surface area contributed by atoms with Crippen LogP contribution in [0.5, 0.6) is 5.88 Å². The van der Waals surface area contributed by atoms with E-state index in [2.05, 4.69) is 47.9 Å². The molecule has 3 rings (SSSR count). The van der Waals surface area contributed by atoms with E-state index in [9.17, 15) is 0 Å². The topological polar surface area (TPSA) is 92.9 Å². The molecule has 0 spiro atoms. The lowest BCUT2D eigenvalue weighted by atomic mass is 9.91. The minimum atomic E-state index is -0.0972. The monoisotopic (exact) mass is 340 g/mol. The van der Waals surface area contributed by atoms with Gasteiger partial charge in [0.05, 0.1) is 7.11 Å². The number of aromatic nitrogens is 4. The van der Waals surface area contributed by atoms with Gasteiger partial charge in [0.1, 0.15) is 9.99 Å². The predicted octanol–water partition coefficient (Wildman–Crippen LogP) is 1.44. The number of nitrogens with zero attached hydrogens (tertiary/aromatic N) is 4. The minimum absolute atomic E-state index is 0.0972. The number of ether oxygens (including phenoxy) is 1. The predicted molar refractivity (Wildman–Crippen MR) is 80.0 cm³/mol. The second-order valence-electron chi connectivity index (χ2n) is 5.41. The molecule has 8 heteroatoms. The molecular formula is C12H17BrN6O. The summed E-state index contributed by atoms with van der Waals surface area (Å²) in [5.74, 6) is 1.16. The number of methoxy groups -OCH3 is 1. The zero-order valence-corrected chi connectivity index (χ0v) is 13.1. The van der Waals surface area contributed by atoms with E-state index in [1.165, 1.54) is 0 Å². The molecule has 1 aliphatic rings. The van der Waals surface area contributed by atoms with Crippen molar-refractivity contribution in [1.29, 1.82) is 0 Å². The van der Waals surface area contributed by atoms with Gasteiger partial charge in [0.2, 0.25) is 11.8 Å². The van der Waals surface area contributed by atoms with Crippen molar-refractivity contribution >= 4 is 32.9 Å². The molecule has 0 aliphatic carbocycles. The summed E-state index contributed by atoms with van der Waals surface area (Å²) in [6.45, 7) is 3.76. The van der Waals surface area contributed by atoms with Crippen molar-refractivity contribution in [2.75, 3.05) is 25.1 Å². The highest BCUT2D eigenvalue weighted by molar-refractivity contribution is 9.10. The van der Waals surface area contributed by atoms with Gasteiger partial charge in [0.15, 0.2) is 5.65 Å². The summed E-state index contributed by atoms with van der Waals surface area (Å²) < 4.78 is 6.07. The van der Waals surface area contributed by atoms with Gasteiger partial charge < -0.3 is 15.4 Å². The fourth-order valence-corrected chi connectivity index (χ4v) is 2.79. The Morgan fingerprint density at radius 2 is 2.05 bits per heavy atom. The second kappa shape index (κ2) is 4.85. The number of piperidine rings is 1. The van der Waals surface area contributed by atoms with Crippen molar-refractivity contribution in [3.63, 3.8) is 0 Å². The molecular weight excluding hydrogens is 324 g/mol. The second-order valence-corrected chi connectivity index (χ2v) is 6.20. The fraction of sp³-hybridized carbons (Fsp3) is 0.583. The van der Waals surface area contributed by atoms with Gasteiger partial charge in [-0.25, -0.2) is 0 Å². The lowest BCUT2D eigenvalue weighted by Crippen LogP contribution is -2.48. The molecule has 1 fully saturated rings. The highest BCUT2D eigenvalue weighted by atomic mass is 79.9. The van der Waals surface area contributed by atoms with Crippen LogP contribution >= 0.6 is 15.9 Å². The maximum atomic E-state index is 6.15. The molecule has 3 heterocycles. The Morgan fingerprint density at radius 1 is 1.35 bits per heavy atom. The zero-order chi connectivity index (χ0) is 14.3. The Balaban J connectivity index is 1.96. The number of nitrogens with one attached hydrogen (secondary N) is 1. The third-order valence-corrected chi connectivity index (χ3v) is 4.28. The van der Waals surface area contributed by atoms with E-state index >= 15 is 0 Å².